The first-order valence-electron chi connectivity index (χ1n) is 6.09. The van der Waals surface area contributed by atoms with Crippen LogP contribution in [-0.4, -0.2) is 45.1 Å². The molecule has 2 N–H and O–H groups in total. The van der Waals surface area contributed by atoms with Crippen molar-refractivity contribution in [2.24, 2.45) is 5.41 Å². The van der Waals surface area contributed by atoms with Crippen molar-refractivity contribution in [3.8, 4) is 0 Å². The van der Waals surface area contributed by atoms with Gasteiger partial charge in [0.1, 0.15) is 0 Å². The fraction of sp³-hybridized carbons (Fsp3) is 1.00. The third-order valence-electron chi connectivity index (χ3n) is 3.07. The van der Waals surface area contributed by atoms with Gasteiger partial charge in [-0.05, 0) is 38.5 Å². The summed E-state index contributed by atoms with van der Waals surface area (Å²) in [5, 5.41) is 8.88. The van der Waals surface area contributed by atoms with Gasteiger partial charge in [0.15, 0.2) is 0 Å². The van der Waals surface area contributed by atoms with Gasteiger partial charge >= 0.3 is 0 Å². The molecular weight excluding hydrogens is 242 g/mol. The number of nitrogens with one attached hydrogen (secondary N) is 1. The highest BCUT2D eigenvalue weighted by Gasteiger charge is 2.42. The Morgan fingerprint density at radius 3 is 2.53 bits per heavy atom. The standard InChI is InChI=1S/C11H23NO4S/c1-10(2)16-7-8-17(14,15)12-9-11(3-4-11)5-6-13/h10,12-13H,3-9H2,1-2H3. The topological polar surface area (TPSA) is 75.6 Å². The van der Waals surface area contributed by atoms with E-state index in [-0.39, 0.29) is 30.5 Å². The van der Waals surface area contributed by atoms with Crippen LogP contribution in [0.3, 0.4) is 0 Å². The smallest absolute Gasteiger partial charge is 0.213 e. The van der Waals surface area contributed by atoms with Crippen LogP contribution in [0.4, 0.5) is 0 Å². The molecule has 1 fully saturated rings. The van der Waals surface area contributed by atoms with E-state index in [1.165, 1.54) is 0 Å². The summed E-state index contributed by atoms with van der Waals surface area (Å²) in [5.41, 5.74) is 0.0146. The van der Waals surface area contributed by atoms with Crippen LogP contribution in [-0.2, 0) is 14.8 Å². The summed E-state index contributed by atoms with van der Waals surface area (Å²) in [6.07, 6.45) is 2.73. The lowest BCUT2D eigenvalue weighted by Crippen LogP contribution is -2.34. The van der Waals surface area contributed by atoms with Gasteiger partial charge in [0, 0.05) is 13.2 Å². The summed E-state index contributed by atoms with van der Waals surface area (Å²) in [4.78, 5) is 0. The summed E-state index contributed by atoms with van der Waals surface area (Å²) < 4.78 is 31.1. The van der Waals surface area contributed by atoms with Crippen molar-refractivity contribution in [2.75, 3.05) is 25.5 Å². The quantitative estimate of drug-likeness (QED) is 0.636. The number of rotatable bonds is 9. The monoisotopic (exact) mass is 265 g/mol. The van der Waals surface area contributed by atoms with E-state index in [9.17, 15) is 8.42 Å². The van der Waals surface area contributed by atoms with Gasteiger partial charge in [-0.2, -0.15) is 0 Å². The Morgan fingerprint density at radius 2 is 2.06 bits per heavy atom. The molecule has 0 saturated heterocycles. The maximum atomic E-state index is 11.6. The van der Waals surface area contributed by atoms with Gasteiger partial charge in [-0.25, -0.2) is 13.1 Å². The lowest BCUT2D eigenvalue weighted by atomic mass is 10.0. The van der Waals surface area contributed by atoms with E-state index in [0.717, 1.165) is 12.8 Å². The minimum Gasteiger partial charge on any atom is -0.396 e. The van der Waals surface area contributed by atoms with Crippen molar-refractivity contribution in [1.29, 1.82) is 0 Å². The first-order valence-corrected chi connectivity index (χ1v) is 7.74. The first-order chi connectivity index (χ1) is 7.89. The molecule has 1 rings (SSSR count). The van der Waals surface area contributed by atoms with Gasteiger partial charge in [0.05, 0.1) is 18.5 Å². The molecule has 0 atom stereocenters. The van der Waals surface area contributed by atoms with E-state index in [0.29, 0.717) is 13.0 Å². The number of hydrogen-bond donors (Lipinski definition) is 2. The Labute approximate surface area is 104 Å². The van der Waals surface area contributed by atoms with Crippen LogP contribution in [0, 0.1) is 5.41 Å². The summed E-state index contributed by atoms with van der Waals surface area (Å²) in [6, 6.07) is 0. The second kappa shape index (κ2) is 6.13. The summed E-state index contributed by atoms with van der Waals surface area (Å²) in [7, 11) is -3.25. The van der Waals surface area contributed by atoms with Crippen molar-refractivity contribution < 1.29 is 18.3 Å². The Balaban J connectivity index is 2.25. The maximum Gasteiger partial charge on any atom is 0.213 e. The van der Waals surface area contributed by atoms with Crippen molar-refractivity contribution in [3.05, 3.63) is 0 Å². The molecule has 0 unspecified atom stereocenters. The molecule has 0 aliphatic heterocycles. The van der Waals surface area contributed by atoms with Gasteiger partial charge in [-0.15, -0.1) is 0 Å². The third kappa shape index (κ3) is 5.81. The zero-order valence-corrected chi connectivity index (χ0v) is 11.4. The molecule has 0 aromatic rings. The van der Waals surface area contributed by atoms with Crippen LogP contribution in [0.15, 0.2) is 0 Å². The molecule has 0 bridgehead atoms. The van der Waals surface area contributed by atoms with Gasteiger partial charge in [0.2, 0.25) is 10.0 Å². The maximum absolute atomic E-state index is 11.6. The normalized spacial score (nSPS) is 18.6. The van der Waals surface area contributed by atoms with Crippen molar-refractivity contribution >= 4 is 10.0 Å². The molecule has 1 aliphatic rings. The van der Waals surface area contributed by atoms with Crippen molar-refractivity contribution in [1.82, 2.24) is 4.72 Å². The Morgan fingerprint density at radius 1 is 1.41 bits per heavy atom. The molecule has 5 nitrogen and oxygen atoms in total. The van der Waals surface area contributed by atoms with Crippen molar-refractivity contribution in [3.63, 3.8) is 0 Å². The SMILES string of the molecule is CC(C)OCCS(=O)(=O)NCC1(CCO)CC1. The minimum atomic E-state index is -3.25. The van der Waals surface area contributed by atoms with E-state index in [2.05, 4.69) is 4.72 Å². The molecule has 1 aliphatic carbocycles. The summed E-state index contributed by atoms with van der Waals surface area (Å²) in [5.74, 6) is 0.000382. The first kappa shape index (κ1) is 14.9. The predicted octanol–water partition coefficient (Wildman–Crippen LogP) is 0.493. The van der Waals surface area contributed by atoms with E-state index in [1.54, 1.807) is 0 Å². The molecule has 0 aromatic carbocycles. The molecule has 0 spiro atoms. The van der Waals surface area contributed by atoms with Crippen LogP contribution >= 0.6 is 0 Å². The van der Waals surface area contributed by atoms with Crippen LogP contribution < -0.4 is 4.72 Å². The summed E-state index contributed by atoms with van der Waals surface area (Å²) in [6.45, 7) is 4.54. The van der Waals surface area contributed by atoms with Gasteiger partial charge in [-0.3, -0.25) is 0 Å². The molecule has 0 amide bonds. The average Bonchev–Trinajstić information content (AvgIpc) is 2.96. The Hall–Kier alpha value is -0.170. The largest absolute Gasteiger partial charge is 0.396 e. The molecule has 0 heterocycles. The highest BCUT2D eigenvalue weighted by atomic mass is 32.2. The Bertz CT molecular complexity index is 322. The lowest BCUT2D eigenvalue weighted by Gasteiger charge is -2.15. The molecular formula is C11H23NO4S. The molecule has 6 heteroatoms. The zero-order valence-electron chi connectivity index (χ0n) is 10.6. The van der Waals surface area contributed by atoms with Gasteiger partial charge in [-0.1, -0.05) is 0 Å². The average molecular weight is 265 g/mol. The van der Waals surface area contributed by atoms with E-state index < -0.39 is 10.0 Å². The third-order valence-corrected chi connectivity index (χ3v) is 4.36. The number of aliphatic hydroxyl groups is 1. The zero-order chi connectivity index (χ0) is 12.9. The predicted molar refractivity (Wildman–Crippen MR) is 66.2 cm³/mol. The molecule has 102 valence electrons. The summed E-state index contributed by atoms with van der Waals surface area (Å²) >= 11 is 0. The van der Waals surface area contributed by atoms with Gasteiger partial charge < -0.3 is 9.84 Å². The van der Waals surface area contributed by atoms with E-state index in [1.807, 2.05) is 13.8 Å². The van der Waals surface area contributed by atoms with Crippen LogP contribution in [0.2, 0.25) is 0 Å². The fourth-order valence-electron chi connectivity index (χ4n) is 1.66. The molecule has 0 radical (unpaired) electrons. The van der Waals surface area contributed by atoms with Crippen molar-refractivity contribution in [2.45, 2.75) is 39.2 Å². The lowest BCUT2D eigenvalue weighted by molar-refractivity contribution is 0.0911. The number of sulfonamides is 1. The van der Waals surface area contributed by atoms with E-state index >= 15 is 0 Å². The van der Waals surface area contributed by atoms with Gasteiger partial charge in [0.25, 0.3) is 0 Å². The minimum absolute atomic E-state index is 0.000382. The molecule has 0 aromatic heterocycles. The molecule has 1 saturated carbocycles. The highest BCUT2D eigenvalue weighted by molar-refractivity contribution is 7.89. The second-order valence-electron chi connectivity index (χ2n) is 5.03. The van der Waals surface area contributed by atoms with Crippen LogP contribution in [0.1, 0.15) is 33.1 Å². The number of aliphatic hydroxyl groups excluding tert-OH is 1. The number of hydrogen-bond acceptors (Lipinski definition) is 4. The van der Waals surface area contributed by atoms with Crippen LogP contribution in [0.25, 0.3) is 0 Å². The van der Waals surface area contributed by atoms with Crippen LogP contribution in [0.5, 0.6) is 0 Å². The second-order valence-corrected chi connectivity index (χ2v) is 6.96. The Kier molecular flexibility index (Phi) is 5.37. The van der Waals surface area contributed by atoms with E-state index in [4.69, 9.17) is 9.84 Å². The fourth-order valence-corrected chi connectivity index (χ4v) is 2.64. The number of ether oxygens (including phenoxy) is 1. The molecule has 17 heavy (non-hydrogen) atoms. The highest BCUT2D eigenvalue weighted by Crippen LogP contribution is 2.47.